The molecular weight excluding hydrogens is 272 g/mol. The molecule has 0 saturated heterocycles. The molecule has 19 heavy (non-hydrogen) atoms. The normalized spacial score (nSPS) is 13.3. The molecule has 108 valence electrons. The maximum absolute atomic E-state index is 10.9. The zero-order chi connectivity index (χ0) is 14.5. The Morgan fingerprint density at radius 3 is 2.53 bits per heavy atom. The smallest absolute Gasteiger partial charge is 0.264 e. The fourth-order valence-electron chi connectivity index (χ4n) is 1.56. The summed E-state index contributed by atoms with van der Waals surface area (Å²) >= 11 is 0. The van der Waals surface area contributed by atoms with Crippen molar-refractivity contribution in [2.24, 2.45) is 0 Å². The number of hydrogen-bond acceptors (Lipinski definition) is 6. The number of benzene rings is 1. The Balaban J connectivity index is 2.85. The van der Waals surface area contributed by atoms with E-state index in [0.717, 1.165) is 11.8 Å². The summed E-state index contributed by atoms with van der Waals surface area (Å²) in [5.41, 5.74) is 1.30. The van der Waals surface area contributed by atoms with E-state index in [1.807, 2.05) is 0 Å². The first-order chi connectivity index (χ1) is 8.87. The van der Waals surface area contributed by atoms with Crippen molar-refractivity contribution in [1.82, 2.24) is 0 Å². The van der Waals surface area contributed by atoms with Crippen LogP contribution in [0.2, 0.25) is 0 Å². The van der Waals surface area contributed by atoms with Gasteiger partial charge in [-0.2, -0.15) is 8.42 Å². The SMILES string of the molecule is COCc1cc([C@@H](O)COS(C)(=O)=O)ccc1OC. The molecule has 0 unspecified atom stereocenters. The van der Waals surface area contributed by atoms with Gasteiger partial charge in [0.25, 0.3) is 10.1 Å². The van der Waals surface area contributed by atoms with Crippen LogP contribution in [0.3, 0.4) is 0 Å². The first kappa shape index (κ1) is 15.9. The third-order valence-corrected chi connectivity index (χ3v) is 2.99. The Hall–Kier alpha value is -1.15. The first-order valence-electron chi connectivity index (χ1n) is 5.55. The molecule has 1 atom stereocenters. The highest BCUT2D eigenvalue weighted by atomic mass is 32.2. The first-order valence-corrected chi connectivity index (χ1v) is 7.37. The van der Waals surface area contributed by atoms with Crippen LogP contribution in [0.1, 0.15) is 17.2 Å². The van der Waals surface area contributed by atoms with Crippen molar-refractivity contribution in [2.75, 3.05) is 27.1 Å². The minimum atomic E-state index is -3.57. The summed E-state index contributed by atoms with van der Waals surface area (Å²) in [6.45, 7) is 0.00819. The summed E-state index contributed by atoms with van der Waals surface area (Å²) in [5, 5.41) is 9.87. The lowest BCUT2D eigenvalue weighted by Crippen LogP contribution is -2.12. The molecule has 1 N–H and O–H groups in total. The highest BCUT2D eigenvalue weighted by Crippen LogP contribution is 2.24. The van der Waals surface area contributed by atoms with E-state index in [-0.39, 0.29) is 6.61 Å². The van der Waals surface area contributed by atoms with Crippen LogP contribution in [0, 0.1) is 0 Å². The second-order valence-corrected chi connectivity index (χ2v) is 5.65. The number of hydrogen-bond donors (Lipinski definition) is 1. The third kappa shape index (κ3) is 5.15. The maximum atomic E-state index is 10.9. The van der Waals surface area contributed by atoms with Gasteiger partial charge in [0.1, 0.15) is 11.9 Å². The number of aliphatic hydroxyl groups is 1. The van der Waals surface area contributed by atoms with E-state index in [9.17, 15) is 13.5 Å². The summed E-state index contributed by atoms with van der Waals surface area (Å²) in [4.78, 5) is 0. The summed E-state index contributed by atoms with van der Waals surface area (Å²) in [7, 11) is -0.480. The topological polar surface area (TPSA) is 82.1 Å². The van der Waals surface area contributed by atoms with Gasteiger partial charge in [0.2, 0.25) is 0 Å². The number of rotatable bonds is 7. The van der Waals surface area contributed by atoms with Crippen LogP contribution in [0.5, 0.6) is 5.75 Å². The molecule has 0 aliphatic rings. The predicted octanol–water partition coefficient (Wildman–Crippen LogP) is 0.851. The molecule has 7 heteroatoms. The predicted molar refractivity (Wildman–Crippen MR) is 69.5 cm³/mol. The molecule has 0 aliphatic carbocycles. The molecule has 0 bridgehead atoms. The van der Waals surface area contributed by atoms with E-state index in [1.165, 1.54) is 7.11 Å². The summed E-state index contributed by atoms with van der Waals surface area (Å²) in [6.07, 6.45) is -0.0966. The van der Waals surface area contributed by atoms with Gasteiger partial charge in [0, 0.05) is 12.7 Å². The van der Waals surface area contributed by atoms with Gasteiger partial charge in [-0.15, -0.1) is 0 Å². The number of ether oxygens (including phenoxy) is 2. The average Bonchev–Trinajstić information content (AvgIpc) is 2.35. The summed E-state index contributed by atoms with van der Waals surface area (Å²) < 4.78 is 36.5. The monoisotopic (exact) mass is 290 g/mol. The Morgan fingerprint density at radius 2 is 2.00 bits per heavy atom. The second kappa shape index (κ2) is 6.85. The Morgan fingerprint density at radius 1 is 1.32 bits per heavy atom. The fourth-order valence-corrected chi connectivity index (χ4v) is 1.93. The lowest BCUT2D eigenvalue weighted by molar-refractivity contribution is 0.111. The van der Waals surface area contributed by atoms with Crippen LogP contribution >= 0.6 is 0 Å². The number of aliphatic hydroxyl groups excluding tert-OH is 1. The summed E-state index contributed by atoms with van der Waals surface area (Å²) in [6, 6.07) is 5.03. The van der Waals surface area contributed by atoms with E-state index >= 15 is 0 Å². The molecule has 1 rings (SSSR count). The Kier molecular flexibility index (Phi) is 5.74. The molecule has 0 radical (unpaired) electrons. The van der Waals surface area contributed by atoms with Crippen LogP contribution in [0.25, 0.3) is 0 Å². The molecule has 1 aromatic carbocycles. The van der Waals surface area contributed by atoms with E-state index in [1.54, 1.807) is 25.3 Å². The van der Waals surface area contributed by atoms with Crippen molar-refractivity contribution in [3.63, 3.8) is 0 Å². The molecule has 1 aromatic rings. The van der Waals surface area contributed by atoms with Gasteiger partial charge >= 0.3 is 0 Å². The van der Waals surface area contributed by atoms with Crippen molar-refractivity contribution in [3.8, 4) is 5.75 Å². The molecule has 0 fully saturated rings. The second-order valence-electron chi connectivity index (χ2n) is 4.01. The van der Waals surface area contributed by atoms with Gasteiger partial charge in [0.05, 0.1) is 26.6 Å². The van der Waals surface area contributed by atoms with Crippen molar-refractivity contribution < 1.29 is 27.2 Å². The molecule has 0 heterocycles. The van der Waals surface area contributed by atoms with Crippen molar-refractivity contribution in [2.45, 2.75) is 12.7 Å². The minimum Gasteiger partial charge on any atom is -0.496 e. The summed E-state index contributed by atoms with van der Waals surface area (Å²) in [5.74, 6) is 0.641. The largest absolute Gasteiger partial charge is 0.496 e. The zero-order valence-corrected chi connectivity index (χ0v) is 11.9. The van der Waals surface area contributed by atoms with E-state index < -0.39 is 16.2 Å². The Bertz CT molecular complexity index is 511. The van der Waals surface area contributed by atoms with Crippen LogP contribution in [0.4, 0.5) is 0 Å². The van der Waals surface area contributed by atoms with Crippen LogP contribution < -0.4 is 4.74 Å². The van der Waals surface area contributed by atoms with Gasteiger partial charge in [0.15, 0.2) is 0 Å². The van der Waals surface area contributed by atoms with Crippen LogP contribution in [0.15, 0.2) is 18.2 Å². The lowest BCUT2D eigenvalue weighted by atomic mass is 10.1. The quantitative estimate of drug-likeness (QED) is 0.750. The molecule has 0 aliphatic heterocycles. The van der Waals surface area contributed by atoms with Gasteiger partial charge in [-0.05, 0) is 17.7 Å². The zero-order valence-electron chi connectivity index (χ0n) is 11.1. The van der Waals surface area contributed by atoms with Gasteiger partial charge in [-0.3, -0.25) is 4.18 Å². The molecule has 0 amide bonds. The standard InChI is InChI=1S/C12H18O6S/c1-16-7-10-6-9(4-5-12(10)17-2)11(13)8-18-19(3,14)15/h4-6,11,13H,7-8H2,1-3H3/t11-/m0/s1. The van der Waals surface area contributed by atoms with Crippen molar-refractivity contribution in [1.29, 1.82) is 0 Å². The molecule has 0 aromatic heterocycles. The van der Waals surface area contributed by atoms with E-state index in [0.29, 0.717) is 17.9 Å². The van der Waals surface area contributed by atoms with Gasteiger partial charge < -0.3 is 14.6 Å². The Labute approximate surface area is 113 Å². The number of methoxy groups -OCH3 is 2. The lowest BCUT2D eigenvalue weighted by Gasteiger charge is -2.14. The van der Waals surface area contributed by atoms with E-state index in [2.05, 4.69) is 4.18 Å². The van der Waals surface area contributed by atoms with Crippen LogP contribution in [-0.2, 0) is 25.6 Å². The molecule has 0 saturated carbocycles. The minimum absolute atomic E-state index is 0.322. The third-order valence-electron chi connectivity index (χ3n) is 2.43. The van der Waals surface area contributed by atoms with Gasteiger partial charge in [-0.1, -0.05) is 6.07 Å². The highest BCUT2D eigenvalue weighted by molar-refractivity contribution is 7.85. The van der Waals surface area contributed by atoms with E-state index in [4.69, 9.17) is 9.47 Å². The molecule has 6 nitrogen and oxygen atoms in total. The average molecular weight is 290 g/mol. The molecule has 0 spiro atoms. The van der Waals surface area contributed by atoms with Gasteiger partial charge in [-0.25, -0.2) is 0 Å². The van der Waals surface area contributed by atoms with Crippen LogP contribution in [-0.4, -0.2) is 40.6 Å². The highest BCUT2D eigenvalue weighted by Gasteiger charge is 2.14. The molecular formula is C12H18O6S. The fraction of sp³-hybridized carbons (Fsp3) is 0.500. The maximum Gasteiger partial charge on any atom is 0.264 e. The van der Waals surface area contributed by atoms with Crippen molar-refractivity contribution in [3.05, 3.63) is 29.3 Å². The van der Waals surface area contributed by atoms with Crippen molar-refractivity contribution >= 4 is 10.1 Å².